The molecule has 0 aromatic rings. The van der Waals surface area contributed by atoms with E-state index in [0.29, 0.717) is 11.8 Å². The SMILES string of the molecule is O=C(C1CCOCC1)N1C[C@@H]2COC[C@]2(COCC2CC2)C1. The molecular weight excluding hydrogens is 282 g/mol. The van der Waals surface area contributed by atoms with Gasteiger partial charge in [0.15, 0.2) is 0 Å². The number of fused-ring (bicyclic) bond motifs is 1. The predicted octanol–water partition coefficient (Wildman–Crippen LogP) is 1.31. The van der Waals surface area contributed by atoms with E-state index in [0.717, 1.165) is 71.5 Å². The molecule has 3 saturated heterocycles. The van der Waals surface area contributed by atoms with Crippen LogP contribution < -0.4 is 0 Å². The summed E-state index contributed by atoms with van der Waals surface area (Å²) in [7, 11) is 0. The Morgan fingerprint density at radius 1 is 1.18 bits per heavy atom. The van der Waals surface area contributed by atoms with Crippen LogP contribution in [0.2, 0.25) is 0 Å². The first kappa shape index (κ1) is 14.9. The predicted molar refractivity (Wildman–Crippen MR) is 80.4 cm³/mol. The van der Waals surface area contributed by atoms with Crippen molar-refractivity contribution in [1.29, 1.82) is 0 Å². The third-order valence-corrected chi connectivity index (χ3v) is 5.84. The van der Waals surface area contributed by atoms with Crippen LogP contribution in [0.1, 0.15) is 25.7 Å². The highest BCUT2D eigenvalue weighted by Crippen LogP contribution is 2.43. The van der Waals surface area contributed by atoms with Crippen molar-refractivity contribution in [3.8, 4) is 0 Å². The molecule has 1 amide bonds. The highest BCUT2D eigenvalue weighted by molar-refractivity contribution is 5.79. The van der Waals surface area contributed by atoms with Gasteiger partial charge in [-0.3, -0.25) is 4.79 Å². The molecule has 3 aliphatic heterocycles. The van der Waals surface area contributed by atoms with Gasteiger partial charge >= 0.3 is 0 Å². The van der Waals surface area contributed by atoms with E-state index < -0.39 is 0 Å². The zero-order valence-electron chi connectivity index (χ0n) is 13.3. The summed E-state index contributed by atoms with van der Waals surface area (Å²) in [6.45, 7) is 6.30. The molecule has 4 fully saturated rings. The molecule has 3 heterocycles. The molecule has 1 saturated carbocycles. The Morgan fingerprint density at radius 3 is 2.77 bits per heavy atom. The molecule has 0 aromatic heterocycles. The Labute approximate surface area is 132 Å². The molecule has 2 atom stereocenters. The van der Waals surface area contributed by atoms with E-state index in [1.165, 1.54) is 12.8 Å². The highest BCUT2D eigenvalue weighted by atomic mass is 16.5. The first-order valence-corrected chi connectivity index (χ1v) is 8.79. The summed E-state index contributed by atoms with van der Waals surface area (Å²) < 4.78 is 17.1. The molecular formula is C17H27NO4. The molecule has 5 nitrogen and oxygen atoms in total. The number of carbonyl (C=O) groups is 1. The first-order chi connectivity index (χ1) is 10.8. The summed E-state index contributed by atoms with van der Waals surface area (Å²) in [5.74, 6) is 1.74. The van der Waals surface area contributed by atoms with Crippen LogP contribution in [0, 0.1) is 23.2 Å². The van der Waals surface area contributed by atoms with Gasteiger partial charge in [-0.2, -0.15) is 0 Å². The lowest BCUT2D eigenvalue weighted by Gasteiger charge is -2.29. The van der Waals surface area contributed by atoms with Gasteiger partial charge in [0.1, 0.15) is 0 Å². The normalized spacial score (nSPS) is 35.8. The lowest BCUT2D eigenvalue weighted by molar-refractivity contribution is -0.138. The molecule has 0 radical (unpaired) electrons. The molecule has 4 rings (SSSR count). The second kappa shape index (κ2) is 6.10. The Morgan fingerprint density at radius 2 is 2.00 bits per heavy atom. The maximum Gasteiger partial charge on any atom is 0.225 e. The molecule has 5 heteroatoms. The quantitative estimate of drug-likeness (QED) is 0.768. The van der Waals surface area contributed by atoms with Crippen LogP contribution in [0.5, 0.6) is 0 Å². The molecule has 0 spiro atoms. The lowest BCUT2D eigenvalue weighted by Crippen LogP contribution is -2.40. The summed E-state index contributed by atoms with van der Waals surface area (Å²) in [5, 5.41) is 0. The first-order valence-electron chi connectivity index (χ1n) is 8.79. The summed E-state index contributed by atoms with van der Waals surface area (Å²) in [6.07, 6.45) is 4.39. The van der Waals surface area contributed by atoms with Crippen molar-refractivity contribution in [2.75, 3.05) is 52.7 Å². The zero-order chi connectivity index (χ0) is 15.0. The van der Waals surface area contributed by atoms with Crippen molar-refractivity contribution in [1.82, 2.24) is 4.90 Å². The minimum absolute atomic E-state index is 0.0513. The van der Waals surface area contributed by atoms with E-state index in [2.05, 4.69) is 4.90 Å². The van der Waals surface area contributed by atoms with Crippen molar-refractivity contribution in [3.05, 3.63) is 0 Å². The largest absolute Gasteiger partial charge is 0.381 e. The van der Waals surface area contributed by atoms with Crippen LogP contribution in [-0.4, -0.2) is 63.5 Å². The number of hydrogen-bond donors (Lipinski definition) is 0. The van der Waals surface area contributed by atoms with Crippen molar-refractivity contribution < 1.29 is 19.0 Å². The van der Waals surface area contributed by atoms with Crippen LogP contribution in [-0.2, 0) is 19.0 Å². The van der Waals surface area contributed by atoms with Crippen molar-refractivity contribution in [3.63, 3.8) is 0 Å². The Hall–Kier alpha value is -0.650. The van der Waals surface area contributed by atoms with Gasteiger partial charge in [0.2, 0.25) is 5.91 Å². The summed E-state index contributed by atoms with van der Waals surface area (Å²) in [4.78, 5) is 14.8. The van der Waals surface area contributed by atoms with E-state index in [9.17, 15) is 4.79 Å². The van der Waals surface area contributed by atoms with Crippen molar-refractivity contribution in [2.24, 2.45) is 23.2 Å². The second-order valence-corrected chi connectivity index (χ2v) is 7.64. The number of nitrogens with zero attached hydrogens (tertiary/aromatic N) is 1. The fourth-order valence-corrected chi connectivity index (χ4v) is 4.12. The van der Waals surface area contributed by atoms with Crippen molar-refractivity contribution in [2.45, 2.75) is 25.7 Å². The van der Waals surface area contributed by atoms with E-state index in [4.69, 9.17) is 14.2 Å². The van der Waals surface area contributed by atoms with Crippen LogP contribution in [0.3, 0.4) is 0 Å². The number of amides is 1. The van der Waals surface area contributed by atoms with E-state index >= 15 is 0 Å². The third-order valence-electron chi connectivity index (χ3n) is 5.84. The number of rotatable bonds is 5. The van der Waals surface area contributed by atoms with Crippen LogP contribution >= 0.6 is 0 Å². The van der Waals surface area contributed by atoms with Crippen LogP contribution in [0.4, 0.5) is 0 Å². The van der Waals surface area contributed by atoms with Gasteiger partial charge in [0, 0.05) is 50.2 Å². The monoisotopic (exact) mass is 309 g/mol. The van der Waals surface area contributed by atoms with E-state index in [1.54, 1.807) is 0 Å². The standard InChI is InChI=1S/C17H27NO4/c19-16(14-3-5-20-6-4-14)18-7-15-9-22-12-17(15,10-18)11-21-8-13-1-2-13/h13-15H,1-12H2/t15-,17-/m1/s1. The van der Waals surface area contributed by atoms with Gasteiger partial charge in [0.25, 0.3) is 0 Å². The molecule has 0 N–H and O–H groups in total. The van der Waals surface area contributed by atoms with Crippen LogP contribution in [0.25, 0.3) is 0 Å². The molecule has 4 aliphatic rings. The number of ether oxygens (including phenoxy) is 3. The topological polar surface area (TPSA) is 48.0 Å². The second-order valence-electron chi connectivity index (χ2n) is 7.64. The summed E-state index contributed by atoms with van der Waals surface area (Å²) >= 11 is 0. The molecule has 0 unspecified atom stereocenters. The summed E-state index contributed by atoms with van der Waals surface area (Å²) in [6, 6.07) is 0. The van der Waals surface area contributed by atoms with Gasteiger partial charge in [-0.15, -0.1) is 0 Å². The minimum Gasteiger partial charge on any atom is -0.381 e. The molecule has 22 heavy (non-hydrogen) atoms. The Bertz CT molecular complexity index is 419. The fraction of sp³-hybridized carbons (Fsp3) is 0.941. The highest BCUT2D eigenvalue weighted by Gasteiger charge is 2.52. The maximum atomic E-state index is 12.8. The Balaban J connectivity index is 1.36. The van der Waals surface area contributed by atoms with Gasteiger partial charge in [0.05, 0.1) is 19.8 Å². The van der Waals surface area contributed by atoms with E-state index in [1.807, 2.05) is 0 Å². The van der Waals surface area contributed by atoms with Gasteiger partial charge in [-0.05, 0) is 31.6 Å². The number of hydrogen-bond acceptors (Lipinski definition) is 4. The van der Waals surface area contributed by atoms with Gasteiger partial charge in [-0.1, -0.05) is 0 Å². The lowest BCUT2D eigenvalue weighted by atomic mass is 9.82. The van der Waals surface area contributed by atoms with Gasteiger partial charge in [-0.25, -0.2) is 0 Å². The third kappa shape index (κ3) is 2.91. The Kier molecular flexibility index (Phi) is 4.13. The van der Waals surface area contributed by atoms with E-state index in [-0.39, 0.29) is 11.3 Å². The fourth-order valence-electron chi connectivity index (χ4n) is 4.12. The molecule has 1 aliphatic carbocycles. The average Bonchev–Trinajstić information content (AvgIpc) is 3.17. The number of carbonyl (C=O) groups excluding carboxylic acids is 1. The minimum atomic E-state index is 0.0513. The van der Waals surface area contributed by atoms with Crippen molar-refractivity contribution >= 4 is 5.91 Å². The molecule has 124 valence electrons. The maximum absolute atomic E-state index is 12.8. The summed E-state index contributed by atoms with van der Waals surface area (Å²) in [5.41, 5.74) is 0.0513. The average molecular weight is 309 g/mol. The zero-order valence-corrected chi connectivity index (χ0v) is 13.3. The number of likely N-dealkylation sites (tertiary alicyclic amines) is 1. The molecule has 0 aromatic carbocycles. The molecule has 0 bridgehead atoms. The smallest absolute Gasteiger partial charge is 0.225 e. The van der Waals surface area contributed by atoms with Gasteiger partial charge < -0.3 is 19.1 Å². The van der Waals surface area contributed by atoms with Crippen LogP contribution in [0.15, 0.2) is 0 Å².